The molecule has 0 spiro atoms. The Balaban J connectivity index is 1.16. The van der Waals surface area contributed by atoms with Crippen LogP contribution in [-0.2, 0) is 11.3 Å². The summed E-state index contributed by atoms with van der Waals surface area (Å²) in [6.45, 7) is 2.29. The van der Waals surface area contributed by atoms with Crippen molar-refractivity contribution in [1.29, 1.82) is 0 Å². The van der Waals surface area contributed by atoms with Crippen LogP contribution < -0.4 is 10.9 Å². The van der Waals surface area contributed by atoms with Crippen molar-refractivity contribution in [3.05, 3.63) is 131 Å². The molecule has 0 aliphatic rings. The second-order valence-corrected chi connectivity index (χ2v) is 10.5. The zero-order chi connectivity index (χ0) is 29.6. The van der Waals surface area contributed by atoms with Crippen molar-refractivity contribution >= 4 is 23.1 Å². The number of rotatable bonds is 8. The highest BCUT2D eigenvalue weighted by atomic mass is 32.1. The fraction of sp³-hybridized carbons (Fsp3) is 0.0882. The van der Waals surface area contributed by atoms with Gasteiger partial charge in [0.2, 0.25) is 0 Å². The van der Waals surface area contributed by atoms with Crippen LogP contribution >= 0.6 is 11.3 Å². The molecule has 0 fully saturated rings. The summed E-state index contributed by atoms with van der Waals surface area (Å²) in [7, 11) is 0. The number of pyridine rings is 1. The van der Waals surface area contributed by atoms with Gasteiger partial charge in [0.05, 0.1) is 24.5 Å². The van der Waals surface area contributed by atoms with Gasteiger partial charge in [-0.3, -0.25) is 15.1 Å². The molecule has 0 aliphatic carbocycles. The van der Waals surface area contributed by atoms with E-state index in [9.17, 15) is 9.59 Å². The molecule has 0 bridgehead atoms. The van der Waals surface area contributed by atoms with Crippen LogP contribution in [0.15, 0.2) is 120 Å². The minimum Gasteiger partial charge on any atom is -0.450 e. The number of nitrogens with zero attached hydrogens (tertiary/aromatic N) is 4. The largest absolute Gasteiger partial charge is 0.450 e. The highest BCUT2D eigenvalue weighted by Gasteiger charge is 2.10. The fourth-order valence-corrected chi connectivity index (χ4v) is 5.46. The minimum absolute atomic E-state index is 0.215. The number of hydrogen-bond acceptors (Lipinski definition) is 7. The van der Waals surface area contributed by atoms with Gasteiger partial charge in [-0.15, -0.1) is 11.3 Å². The summed E-state index contributed by atoms with van der Waals surface area (Å²) in [6.07, 6.45) is 3.06. The molecule has 9 heteroatoms. The smallest absolute Gasteiger partial charge is 0.411 e. The van der Waals surface area contributed by atoms with Crippen molar-refractivity contribution < 1.29 is 9.53 Å². The van der Waals surface area contributed by atoms with E-state index in [2.05, 4.69) is 45.0 Å². The molecule has 43 heavy (non-hydrogen) atoms. The van der Waals surface area contributed by atoms with Gasteiger partial charge < -0.3 is 4.74 Å². The Kier molecular flexibility index (Phi) is 8.15. The normalized spacial score (nSPS) is 10.8. The highest BCUT2D eigenvalue weighted by Crippen LogP contribution is 2.31. The molecule has 0 atom stereocenters. The molecule has 0 saturated heterocycles. The first-order valence-electron chi connectivity index (χ1n) is 13.7. The van der Waals surface area contributed by atoms with Gasteiger partial charge in [0.25, 0.3) is 5.56 Å². The van der Waals surface area contributed by atoms with E-state index in [4.69, 9.17) is 9.72 Å². The molecule has 3 heterocycles. The zero-order valence-electron chi connectivity index (χ0n) is 23.3. The van der Waals surface area contributed by atoms with Gasteiger partial charge in [0.15, 0.2) is 0 Å². The molecule has 0 unspecified atom stereocenters. The van der Waals surface area contributed by atoms with E-state index in [0.717, 1.165) is 44.1 Å². The van der Waals surface area contributed by atoms with Crippen LogP contribution in [0.5, 0.6) is 0 Å². The van der Waals surface area contributed by atoms with Crippen LogP contribution in [0, 0.1) is 0 Å². The second kappa shape index (κ2) is 12.6. The van der Waals surface area contributed by atoms with Gasteiger partial charge in [-0.05, 0) is 53.9 Å². The second-order valence-electron chi connectivity index (χ2n) is 9.69. The summed E-state index contributed by atoms with van der Waals surface area (Å²) in [6, 6.07) is 30.9. The van der Waals surface area contributed by atoms with E-state index >= 15 is 0 Å². The number of amides is 1. The van der Waals surface area contributed by atoms with Gasteiger partial charge >= 0.3 is 6.09 Å². The molecular formula is C34H27N5O3S. The third-order valence-corrected chi connectivity index (χ3v) is 7.67. The van der Waals surface area contributed by atoms with E-state index in [1.807, 2.05) is 48.5 Å². The number of aromatic nitrogens is 4. The molecule has 3 aromatic heterocycles. The number of hydrogen-bond donors (Lipinski definition) is 1. The molecule has 0 aliphatic heterocycles. The molecule has 212 valence electrons. The lowest BCUT2D eigenvalue weighted by Gasteiger charge is -2.10. The number of carbonyl (C=O) groups excluding carboxylic acids is 1. The van der Waals surface area contributed by atoms with Gasteiger partial charge in [-0.2, -0.15) is 5.10 Å². The fourth-order valence-electron chi connectivity index (χ4n) is 4.62. The quantitative estimate of drug-likeness (QED) is 0.200. The maximum Gasteiger partial charge on any atom is 0.411 e. The standard InChI is InChI=1S/C34H27N5O3S/c1-2-42-34(41)36-29-5-3-4-23(20-29)21-39-32(40)15-14-30(38-39)26-10-12-28(13-11-26)33-37-31(22-43-33)27-8-6-24(7-9-27)25-16-18-35-19-17-25/h3-20,22H,2,21H2,1H3,(H,36,41). The molecule has 1 amide bonds. The van der Waals surface area contributed by atoms with Crippen LogP contribution in [0.3, 0.4) is 0 Å². The number of thiazole rings is 1. The summed E-state index contributed by atoms with van der Waals surface area (Å²) in [5.41, 5.74) is 8.03. The Morgan fingerprint density at radius 1 is 0.814 bits per heavy atom. The zero-order valence-corrected chi connectivity index (χ0v) is 24.1. The monoisotopic (exact) mass is 585 g/mol. The van der Waals surface area contributed by atoms with Crippen molar-refractivity contribution in [3.63, 3.8) is 0 Å². The van der Waals surface area contributed by atoms with Crippen LogP contribution in [0.2, 0.25) is 0 Å². The number of nitrogens with one attached hydrogen (secondary N) is 1. The molecule has 0 radical (unpaired) electrons. The summed E-state index contributed by atoms with van der Waals surface area (Å²) >= 11 is 1.60. The number of ether oxygens (including phenoxy) is 1. The van der Waals surface area contributed by atoms with Crippen molar-refractivity contribution in [2.45, 2.75) is 13.5 Å². The van der Waals surface area contributed by atoms with E-state index in [1.54, 1.807) is 48.9 Å². The Morgan fingerprint density at radius 2 is 1.49 bits per heavy atom. The number of benzene rings is 3. The predicted octanol–water partition coefficient (Wildman–Crippen LogP) is 7.38. The minimum atomic E-state index is -0.523. The van der Waals surface area contributed by atoms with Crippen LogP contribution in [0.1, 0.15) is 12.5 Å². The Morgan fingerprint density at radius 3 is 2.23 bits per heavy atom. The first kappa shape index (κ1) is 27.7. The number of carbonyl (C=O) groups is 1. The molecule has 8 nitrogen and oxygen atoms in total. The van der Waals surface area contributed by atoms with Crippen LogP contribution in [0.4, 0.5) is 10.5 Å². The van der Waals surface area contributed by atoms with Crippen molar-refractivity contribution in [2.75, 3.05) is 11.9 Å². The maximum absolute atomic E-state index is 12.6. The average Bonchev–Trinajstić information content (AvgIpc) is 3.54. The Labute approximate surface area is 252 Å². The number of anilines is 1. The summed E-state index contributed by atoms with van der Waals surface area (Å²) in [4.78, 5) is 33.3. The lowest BCUT2D eigenvalue weighted by molar-refractivity contribution is 0.168. The van der Waals surface area contributed by atoms with E-state index in [1.165, 1.54) is 10.7 Å². The third-order valence-electron chi connectivity index (χ3n) is 6.77. The van der Waals surface area contributed by atoms with Crippen LogP contribution in [0.25, 0.3) is 44.2 Å². The lowest BCUT2D eigenvalue weighted by atomic mass is 10.0. The SMILES string of the molecule is CCOC(=O)Nc1cccc(Cn2nc(-c3ccc(-c4nc(-c5ccc(-c6ccncc6)cc5)cs4)cc3)ccc2=O)c1. The highest BCUT2D eigenvalue weighted by molar-refractivity contribution is 7.13. The molecule has 6 aromatic rings. The predicted molar refractivity (Wildman–Crippen MR) is 170 cm³/mol. The Hall–Kier alpha value is -5.41. The van der Waals surface area contributed by atoms with Crippen molar-refractivity contribution in [3.8, 4) is 44.2 Å². The third kappa shape index (κ3) is 6.58. The molecule has 1 N–H and O–H groups in total. The molecule has 0 saturated carbocycles. The average molecular weight is 586 g/mol. The van der Waals surface area contributed by atoms with Gasteiger partial charge in [0, 0.05) is 46.2 Å². The summed E-state index contributed by atoms with van der Waals surface area (Å²) in [5, 5.41) is 10.3. The lowest BCUT2D eigenvalue weighted by Crippen LogP contribution is -2.23. The topological polar surface area (TPSA) is 99.0 Å². The summed E-state index contributed by atoms with van der Waals surface area (Å²) in [5.74, 6) is 0. The van der Waals surface area contributed by atoms with Gasteiger partial charge in [-0.1, -0.05) is 60.7 Å². The Bertz CT molecular complexity index is 1920. The van der Waals surface area contributed by atoms with Gasteiger partial charge in [-0.25, -0.2) is 14.5 Å². The van der Waals surface area contributed by atoms with Crippen molar-refractivity contribution in [1.82, 2.24) is 19.7 Å². The first-order chi connectivity index (χ1) is 21.1. The van der Waals surface area contributed by atoms with E-state index < -0.39 is 6.09 Å². The molecular weight excluding hydrogens is 558 g/mol. The first-order valence-corrected chi connectivity index (χ1v) is 14.6. The van der Waals surface area contributed by atoms with E-state index in [-0.39, 0.29) is 18.7 Å². The van der Waals surface area contributed by atoms with Crippen LogP contribution in [-0.4, -0.2) is 32.4 Å². The summed E-state index contributed by atoms with van der Waals surface area (Å²) < 4.78 is 6.36. The molecule has 3 aromatic carbocycles. The maximum atomic E-state index is 12.6. The van der Waals surface area contributed by atoms with E-state index in [0.29, 0.717) is 11.4 Å². The van der Waals surface area contributed by atoms with Gasteiger partial charge in [0.1, 0.15) is 5.01 Å². The van der Waals surface area contributed by atoms with Crippen molar-refractivity contribution in [2.24, 2.45) is 0 Å². The molecule has 6 rings (SSSR count).